The largest absolute Gasteiger partial charge is 0.320 e. The van der Waals surface area contributed by atoms with Gasteiger partial charge >= 0.3 is 0 Å². The summed E-state index contributed by atoms with van der Waals surface area (Å²) in [6.45, 7) is 4.31. The molecule has 4 heteroatoms. The molecule has 0 fully saturated rings. The first-order valence-corrected chi connectivity index (χ1v) is 5.85. The molecule has 0 bridgehead atoms. The Morgan fingerprint density at radius 1 is 1.29 bits per heavy atom. The van der Waals surface area contributed by atoms with Gasteiger partial charge in [0.2, 0.25) is 0 Å². The average molecular weight is 235 g/mol. The van der Waals surface area contributed by atoms with Gasteiger partial charge in [0.25, 0.3) is 5.91 Å². The van der Waals surface area contributed by atoms with E-state index >= 15 is 0 Å². The molecule has 17 heavy (non-hydrogen) atoms. The maximum Gasteiger partial charge on any atom is 0.251 e. The molecule has 0 heterocycles. The Morgan fingerprint density at radius 3 is 2.35 bits per heavy atom. The average Bonchev–Trinajstić information content (AvgIpc) is 2.30. The van der Waals surface area contributed by atoms with Crippen LogP contribution in [-0.4, -0.2) is 19.0 Å². The number of benzene rings is 1. The maximum absolute atomic E-state index is 11.4. The van der Waals surface area contributed by atoms with Crippen LogP contribution in [-0.2, 0) is 11.2 Å². The van der Waals surface area contributed by atoms with Crippen LogP contribution in [0.2, 0.25) is 0 Å². The molecule has 0 radical (unpaired) electrons. The van der Waals surface area contributed by atoms with Crippen molar-refractivity contribution >= 4 is 5.91 Å². The minimum atomic E-state index is -0.521. The minimum Gasteiger partial charge on any atom is -0.320 e. The SMILES string of the molecule is CNNC(=O)C(N)Cc1ccc(C(C)C)cc1. The van der Waals surface area contributed by atoms with Gasteiger partial charge in [0.1, 0.15) is 0 Å². The molecule has 4 N–H and O–H groups in total. The first-order chi connectivity index (χ1) is 8.04. The molecular formula is C13H21N3O. The lowest BCUT2D eigenvalue weighted by Gasteiger charge is -2.12. The van der Waals surface area contributed by atoms with Crippen LogP contribution in [0.3, 0.4) is 0 Å². The van der Waals surface area contributed by atoms with E-state index in [1.165, 1.54) is 5.56 Å². The van der Waals surface area contributed by atoms with Crippen LogP contribution in [0.25, 0.3) is 0 Å². The number of carbonyl (C=O) groups is 1. The predicted octanol–water partition coefficient (Wildman–Crippen LogP) is 0.930. The van der Waals surface area contributed by atoms with Gasteiger partial charge in [0.15, 0.2) is 0 Å². The van der Waals surface area contributed by atoms with E-state index in [-0.39, 0.29) is 5.91 Å². The molecule has 0 aliphatic carbocycles. The molecule has 0 spiro atoms. The van der Waals surface area contributed by atoms with Gasteiger partial charge < -0.3 is 5.73 Å². The number of rotatable bonds is 5. The van der Waals surface area contributed by atoms with Gasteiger partial charge in [0, 0.05) is 7.05 Å². The minimum absolute atomic E-state index is 0.194. The van der Waals surface area contributed by atoms with Crippen molar-refractivity contribution in [3.8, 4) is 0 Å². The summed E-state index contributed by atoms with van der Waals surface area (Å²) in [6.07, 6.45) is 0.548. The molecule has 1 unspecified atom stereocenters. The molecule has 0 saturated carbocycles. The molecule has 1 amide bonds. The molecule has 0 aromatic heterocycles. The van der Waals surface area contributed by atoms with Crippen molar-refractivity contribution < 1.29 is 4.79 Å². The highest BCUT2D eigenvalue weighted by molar-refractivity contribution is 5.81. The second-order valence-electron chi connectivity index (χ2n) is 4.45. The Bertz CT molecular complexity index is 359. The lowest BCUT2D eigenvalue weighted by atomic mass is 9.99. The van der Waals surface area contributed by atoms with Crippen LogP contribution in [0.4, 0.5) is 0 Å². The van der Waals surface area contributed by atoms with Gasteiger partial charge in [-0.2, -0.15) is 0 Å². The fourth-order valence-corrected chi connectivity index (χ4v) is 1.60. The summed E-state index contributed by atoms with van der Waals surface area (Å²) in [5.74, 6) is 0.325. The molecule has 0 saturated heterocycles. The van der Waals surface area contributed by atoms with Crippen molar-refractivity contribution in [2.75, 3.05) is 7.05 Å². The fraction of sp³-hybridized carbons (Fsp3) is 0.462. The van der Waals surface area contributed by atoms with Gasteiger partial charge in [-0.15, -0.1) is 0 Å². The van der Waals surface area contributed by atoms with E-state index in [1.807, 2.05) is 12.1 Å². The summed E-state index contributed by atoms with van der Waals surface area (Å²) in [7, 11) is 1.64. The summed E-state index contributed by atoms with van der Waals surface area (Å²) >= 11 is 0. The smallest absolute Gasteiger partial charge is 0.251 e. The maximum atomic E-state index is 11.4. The Kier molecular flexibility index (Phi) is 5.12. The van der Waals surface area contributed by atoms with Crippen LogP contribution < -0.4 is 16.6 Å². The van der Waals surface area contributed by atoms with Crippen LogP contribution in [0.5, 0.6) is 0 Å². The van der Waals surface area contributed by atoms with E-state index < -0.39 is 6.04 Å². The van der Waals surface area contributed by atoms with Gasteiger partial charge in [-0.3, -0.25) is 10.2 Å². The lowest BCUT2D eigenvalue weighted by molar-refractivity contribution is -0.123. The zero-order chi connectivity index (χ0) is 12.8. The molecule has 1 atom stereocenters. The van der Waals surface area contributed by atoms with Crippen molar-refractivity contribution in [1.29, 1.82) is 0 Å². The first kappa shape index (κ1) is 13.7. The Labute approximate surface area is 103 Å². The van der Waals surface area contributed by atoms with Crippen molar-refractivity contribution in [3.05, 3.63) is 35.4 Å². The van der Waals surface area contributed by atoms with Gasteiger partial charge in [-0.05, 0) is 23.5 Å². The van der Waals surface area contributed by atoms with E-state index in [0.29, 0.717) is 12.3 Å². The Hall–Kier alpha value is -1.39. The van der Waals surface area contributed by atoms with E-state index in [0.717, 1.165) is 5.56 Å². The third kappa shape index (κ3) is 4.17. The van der Waals surface area contributed by atoms with Crippen molar-refractivity contribution in [2.24, 2.45) is 5.73 Å². The van der Waals surface area contributed by atoms with Crippen LogP contribution in [0.15, 0.2) is 24.3 Å². The van der Waals surface area contributed by atoms with Gasteiger partial charge in [-0.25, -0.2) is 5.43 Å². The monoisotopic (exact) mass is 235 g/mol. The summed E-state index contributed by atoms with van der Waals surface area (Å²) in [6, 6.07) is 7.71. The highest BCUT2D eigenvalue weighted by Crippen LogP contribution is 2.15. The number of nitrogens with one attached hydrogen (secondary N) is 2. The van der Waals surface area contributed by atoms with E-state index in [4.69, 9.17) is 5.73 Å². The van der Waals surface area contributed by atoms with Crippen molar-refractivity contribution in [1.82, 2.24) is 10.9 Å². The number of amides is 1. The molecule has 1 aromatic rings. The Balaban J connectivity index is 2.60. The first-order valence-electron chi connectivity index (χ1n) is 5.85. The molecule has 94 valence electrons. The number of hydrazine groups is 1. The molecule has 1 aromatic carbocycles. The Morgan fingerprint density at radius 2 is 1.88 bits per heavy atom. The second kappa shape index (κ2) is 6.37. The number of carbonyl (C=O) groups excluding carboxylic acids is 1. The summed E-state index contributed by atoms with van der Waals surface area (Å²) in [5, 5.41) is 0. The van der Waals surface area contributed by atoms with Crippen molar-refractivity contribution in [3.63, 3.8) is 0 Å². The molecule has 0 aliphatic rings. The third-order valence-electron chi connectivity index (χ3n) is 2.69. The summed E-state index contributed by atoms with van der Waals surface area (Å²) in [5.41, 5.74) is 13.2. The zero-order valence-corrected chi connectivity index (χ0v) is 10.7. The number of nitrogens with two attached hydrogens (primary N) is 1. The fourth-order valence-electron chi connectivity index (χ4n) is 1.60. The highest BCUT2D eigenvalue weighted by Gasteiger charge is 2.13. The molecule has 1 rings (SSSR count). The van der Waals surface area contributed by atoms with Gasteiger partial charge in [0.05, 0.1) is 6.04 Å². The highest BCUT2D eigenvalue weighted by atomic mass is 16.2. The lowest BCUT2D eigenvalue weighted by Crippen LogP contribution is -2.46. The molecule has 0 aliphatic heterocycles. The molecule has 4 nitrogen and oxygen atoms in total. The summed E-state index contributed by atoms with van der Waals surface area (Å²) in [4.78, 5) is 11.4. The number of hydrogen-bond donors (Lipinski definition) is 3. The van der Waals surface area contributed by atoms with Crippen molar-refractivity contribution in [2.45, 2.75) is 32.2 Å². The van der Waals surface area contributed by atoms with E-state index in [1.54, 1.807) is 7.05 Å². The zero-order valence-electron chi connectivity index (χ0n) is 10.7. The van der Waals surface area contributed by atoms with Gasteiger partial charge in [-0.1, -0.05) is 38.1 Å². The normalized spacial score (nSPS) is 12.5. The predicted molar refractivity (Wildman–Crippen MR) is 69.4 cm³/mol. The van der Waals surface area contributed by atoms with Crippen LogP contribution in [0, 0.1) is 0 Å². The third-order valence-corrected chi connectivity index (χ3v) is 2.69. The van der Waals surface area contributed by atoms with E-state index in [9.17, 15) is 4.79 Å². The van der Waals surface area contributed by atoms with Crippen LogP contribution in [0.1, 0.15) is 30.9 Å². The quantitative estimate of drug-likeness (QED) is 0.665. The standard InChI is InChI=1S/C13H21N3O/c1-9(2)11-6-4-10(5-7-11)8-12(14)13(17)16-15-3/h4-7,9,12,15H,8,14H2,1-3H3,(H,16,17). The summed E-state index contributed by atoms with van der Waals surface area (Å²) < 4.78 is 0. The number of hydrogen-bond acceptors (Lipinski definition) is 3. The van der Waals surface area contributed by atoms with Crippen LogP contribution >= 0.6 is 0 Å². The second-order valence-corrected chi connectivity index (χ2v) is 4.45. The topological polar surface area (TPSA) is 67.1 Å². The molecular weight excluding hydrogens is 214 g/mol. The van der Waals surface area contributed by atoms with E-state index in [2.05, 4.69) is 36.8 Å².